The molecule has 0 atom stereocenters. The van der Waals surface area contributed by atoms with Gasteiger partial charge in [-0.2, -0.15) is 0 Å². The molecule has 2 heterocycles. The van der Waals surface area contributed by atoms with Crippen molar-refractivity contribution in [2.45, 2.75) is 26.3 Å². The molecule has 0 bridgehead atoms. The lowest BCUT2D eigenvalue weighted by Gasteiger charge is -2.14. The van der Waals surface area contributed by atoms with Gasteiger partial charge in [0.05, 0.1) is 6.33 Å². The molecule has 3 aromatic rings. The van der Waals surface area contributed by atoms with Gasteiger partial charge in [-0.3, -0.25) is 0 Å². The van der Waals surface area contributed by atoms with Gasteiger partial charge >= 0.3 is 0 Å². The van der Waals surface area contributed by atoms with Crippen LogP contribution in [0.2, 0.25) is 0 Å². The lowest BCUT2D eigenvalue weighted by atomic mass is 10.1. The van der Waals surface area contributed by atoms with E-state index in [1.165, 1.54) is 11.9 Å². The first kappa shape index (κ1) is 16.8. The van der Waals surface area contributed by atoms with Crippen LogP contribution in [0.25, 0.3) is 0 Å². The zero-order valence-electron chi connectivity index (χ0n) is 14.3. The van der Waals surface area contributed by atoms with Crippen molar-refractivity contribution in [1.82, 2.24) is 19.5 Å². The van der Waals surface area contributed by atoms with Crippen LogP contribution in [-0.4, -0.2) is 26.1 Å². The molecule has 0 aliphatic carbocycles. The van der Waals surface area contributed by atoms with Crippen LogP contribution in [-0.2, 0) is 13.0 Å². The third-order valence-electron chi connectivity index (χ3n) is 3.98. The molecule has 0 aliphatic rings. The molecule has 0 aliphatic heterocycles. The van der Waals surface area contributed by atoms with Gasteiger partial charge in [-0.1, -0.05) is 25.1 Å². The minimum atomic E-state index is 0.524. The number of anilines is 4. The second-order valence-electron chi connectivity index (χ2n) is 5.70. The summed E-state index contributed by atoms with van der Waals surface area (Å²) in [6, 6.07) is 8.14. The molecule has 0 fully saturated rings. The molecule has 25 heavy (non-hydrogen) atoms. The normalized spacial score (nSPS) is 10.6. The van der Waals surface area contributed by atoms with Crippen molar-refractivity contribution in [3.8, 4) is 0 Å². The van der Waals surface area contributed by atoms with E-state index in [4.69, 9.17) is 5.73 Å². The maximum atomic E-state index is 6.23. The molecule has 1 aromatic carbocycles. The van der Waals surface area contributed by atoms with E-state index in [1.54, 1.807) is 6.20 Å². The van der Waals surface area contributed by atoms with Crippen LogP contribution in [0, 0.1) is 0 Å². The van der Waals surface area contributed by atoms with E-state index in [9.17, 15) is 0 Å². The SMILES string of the molecule is CCc1ccccc1Nc1ncnc(NCCCn2ccnc2)c1N. The monoisotopic (exact) mass is 337 g/mol. The van der Waals surface area contributed by atoms with Crippen molar-refractivity contribution in [3.63, 3.8) is 0 Å². The van der Waals surface area contributed by atoms with Gasteiger partial charge in [-0.05, 0) is 24.5 Å². The van der Waals surface area contributed by atoms with E-state index in [0.29, 0.717) is 17.3 Å². The summed E-state index contributed by atoms with van der Waals surface area (Å²) >= 11 is 0. The fourth-order valence-electron chi connectivity index (χ4n) is 2.60. The molecule has 7 nitrogen and oxygen atoms in total. The Morgan fingerprint density at radius 1 is 1.16 bits per heavy atom. The van der Waals surface area contributed by atoms with Crippen molar-refractivity contribution in [1.29, 1.82) is 0 Å². The lowest BCUT2D eigenvalue weighted by molar-refractivity contribution is 0.660. The van der Waals surface area contributed by atoms with Crippen LogP contribution in [0.3, 0.4) is 0 Å². The quantitative estimate of drug-likeness (QED) is 0.547. The van der Waals surface area contributed by atoms with Crippen LogP contribution < -0.4 is 16.4 Å². The molecule has 0 unspecified atom stereocenters. The Hall–Kier alpha value is -3.09. The highest BCUT2D eigenvalue weighted by molar-refractivity contribution is 5.78. The zero-order valence-corrected chi connectivity index (χ0v) is 14.3. The van der Waals surface area contributed by atoms with Crippen molar-refractivity contribution >= 4 is 23.0 Å². The summed E-state index contributed by atoms with van der Waals surface area (Å²) in [5.74, 6) is 1.27. The molecule has 7 heteroatoms. The standard InChI is InChI=1S/C18H23N7/c1-2-14-6-3-4-7-15(14)24-18-16(19)17(22-12-23-18)21-8-5-10-25-11-9-20-13-25/h3-4,6-7,9,11-13H,2,5,8,10,19H2,1H3,(H2,21,22,23,24). The Kier molecular flexibility index (Phi) is 5.46. The number of para-hydroxylation sites is 1. The van der Waals surface area contributed by atoms with E-state index in [2.05, 4.69) is 38.6 Å². The Balaban J connectivity index is 1.63. The van der Waals surface area contributed by atoms with E-state index in [-0.39, 0.29) is 0 Å². The second kappa shape index (κ2) is 8.14. The average molecular weight is 337 g/mol. The number of imidazole rings is 1. The van der Waals surface area contributed by atoms with Crippen LogP contribution in [0.5, 0.6) is 0 Å². The van der Waals surface area contributed by atoms with E-state index in [0.717, 1.165) is 31.6 Å². The molecular formula is C18H23N7. The van der Waals surface area contributed by atoms with Gasteiger partial charge in [0.1, 0.15) is 12.0 Å². The Morgan fingerprint density at radius 3 is 2.80 bits per heavy atom. The zero-order chi connectivity index (χ0) is 17.5. The van der Waals surface area contributed by atoms with Crippen molar-refractivity contribution < 1.29 is 0 Å². The molecule has 2 aromatic heterocycles. The van der Waals surface area contributed by atoms with Crippen LogP contribution in [0.1, 0.15) is 18.9 Å². The van der Waals surface area contributed by atoms with Crippen LogP contribution in [0.15, 0.2) is 49.3 Å². The highest BCUT2D eigenvalue weighted by Crippen LogP contribution is 2.27. The minimum absolute atomic E-state index is 0.524. The average Bonchev–Trinajstić information content (AvgIpc) is 3.15. The fraction of sp³-hybridized carbons (Fsp3) is 0.278. The second-order valence-corrected chi connectivity index (χ2v) is 5.70. The van der Waals surface area contributed by atoms with Crippen LogP contribution >= 0.6 is 0 Å². The number of nitrogens with one attached hydrogen (secondary N) is 2. The van der Waals surface area contributed by atoms with Gasteiger partial charge in [-0.25, -0.2) is 15.0 Å². The topological polar surface area (TPSA) is 93.7 Å². The summed E-state index contributed by atoms with van der Waals surface area (Å²) in [5, 5.41) is 6.60. The first-order chi connectivity index (χ1) is 12.3. The fourth-order valence-corrected chi connectivity index (χ4v) is 2.60. The predicted molar refractivity (Wildman–Crippen MR) is 101 cm³/mol. The number of hydrogen-bond acceptors (Lipinski definition) is 6. The highest BCUT2D eigenvalue weighted by Gasteiger charge is 2.09. The predicted octanol–water partition coefficient (Wildman–Crippen LogP) is 3.06. The van der Waals surface area contributed by atoms with E-state index in [1.807, 2.05) is 35.3 Å². The number of aryl methyl sites for hydroxylation is 2. The molecular weight excluding hydrogens is 314 g/mol. The first-order valence-electron chi connectivity index (χ1n) is 8.43. The summed E-state index contributed by atoms with van der Waals surface area (Å²) in [6.07, 6.45) is 8.95. The van der Waals surface area contributed by atoms with Gasteiger partial charge < -0.3 is 20.9 Å². The van der Waals surface area contributed by atoms with Crippen molar-refractivity contribution in [2.24, 2.45) is 0 Å². The Labute approximate surface area is 147 Å². The number of rotatable bonds is 8. The first-order valence-corrected chi connectivity index (χ1v) is 8.43. The largest absolute Gasteiger partial charge is 0.393 e. The van der Waals surface area contributed by atoms with Gasteiger partial charge in [-0.15, -0.1) is 0 Å². The Bertz CT molecular complexity index is 799. The third-order valence-corrected chi connectivity index (χ3v) is 3.98. The van der Waals surface area contributed by atoms with Gasteiger partial charge in [0.2, 0.25) is 0 Å². The van der Waals surface area contributed by atoms with Crippen molar-refractivity contribution in [3.05, 3.63) is 54.9 Å². The number of nitrogens with zero attached hydrogens (tertiary/aromatic N) is 4. The van der Waals surface area contributed by atoms with Crippen molar-refractivity contribution in [2.75, 3.05) is 22.9 Å². The molecule has 0 amide bonds. The molecule has 130 valence electrons. The van der Waals surface area contributed by atoms with E-state index < -0.39 is 0 Å². The molecule has 3 rings (SSSR count). The maximum Gasteiger partial charge on any atom is 0.159 e. The van der Waals surface area contributed by atoms with Gasteiger partial charge in [0.25, 0.3) is 0 Å². The number of aromatic nitrogens is 4. The van der Waals surface area contributed by atoms with Crippen LogP contribution in [0.4, 0.5) is 23.0 Å². The highest BCUT2D eigenvalue weighted by atomic mass is 15.1. The molecule has 0 radical (unpaired) electrons. The molecule has 4 N–H and O–H groups in total. The third kappa shape index (κ3) is 4.26. The van der Waals surface area contributed by atoms with Gasteiger partial charge in [0.15, 0.2) is 11.6 Å². The Morgan fingerprint density at radius 2 is 2.00 bits per heavy atom. The van der Waals surface area contributed by atoms with E-state index >= 15 is 0 Å². The summed E-state index contributed by atoms with van der Waals surface area (Å²) in [7, 11) is 0. The summed E-state index contributed by atoms with van der Waals surface area (Å²) < 4.78 is 2.04. The summed E-state index contributed by atoms with van der Waals surface area (Å²) in [6.45, 7) is 3.79. The summed E-state index contributed by atoms with van der Waals surface area (Å²) in [4.78, 5) is 12.6. The maximum absolute atomic E-state index is 6.23. The smallest absolute Gasteiger partial charge is 0.159 e. The van der Waals surface area contributed by atoms with Gasteiger partial charge in [0, 0.05) is 31.2 Å². The number of nitrogens with two attached hydrogens (primary N) is 1. The lowest BCUT2D eigenvalue weighted by Crippen LogP contribution is -2.11. The minimum Gasteiger partial charge on any atom is -0.393 e. The molecule has 0 saturated carbocycles. The molecule has 0 saturated heterocycles. The summed E-state index contributed by atoms with van der Waals surface area (Å²) in [5.41, 5.74) is 8.99. The number of hydrogen-bond donors (Lipinski definition) is 3. The number of nitrogen functional groups attached to an aromatic ring is 1. The molecule has 0 spiro atoms. The number of benzene rings is 1.